The molecule has 0 spiro atoms. The largest absolute Gasteiger partial charge is 0.497 e. The lowest BCUT2D eigenvalue weighted by Crippen LogP contribution is -2.23. The van der Waals surface area contributed by atoms with Gasteiger partial charge in [0.05, 0.1) is 13.2 Å². The van der Waals surface area contributed by atoms with Gasteiger partial charge in [0.2, 0.25) is 0 Å². The lowest BCUT2D eigenvalue weighted by molar-refractivity contribution is 0.414. The second kappa shape index (κ2) is 7.32. The smallest absolute Gasteiger partial charge is 0.118 e. The van der Waals surface area contributed by atoms with Crippen LogP contribution in [0.5, 0.6) is 5.75 Å². The molecule has 0 heterocycles. The molecule has 1 unspecified atom stereocenters. The average Bonchev–Trinajstić information content (AvgIpc) is 2.50. The van der Waals surface area contributed by atoms with Crippen molar-refractivity contribution < 1.29 is 4.74 Å². The summed E-state index contributed by atoms with van der Waals surface area (Å²) in [6.45, 7) is 3.14. The molecule has 0 saturated carbocycles. The van der Waals surface area contributed by atoms with Crippen LogP contribution in [-0.4, -0.2) is 13.7 Å². The highest BCUT2D eigenvalue weighted by Gasteiger charge is 2.13. The van der Waals surface area contributed by atoms with Gasteiger partial charge in [0.1, 0.15) is 5.75 Å². The predicted molar refractivity (Wildman–Crippen MR) is 84.6 cm³/mol. The molecule has 2 aromatic carbocycles. The zero-order valence-corrected chi connectivity index (χ0v) is 12.7. The van der Waals surface area contributed by atoms with Crippen LogP contribution >= 0.6 is 11.6 Å². The summed E-state index contributed by atoms with van der Waals surface area (Å²) in [5.74, 6) is 0.874. The van der Waals surface area contributed by atoms with E-state index >= 15 is 0 Å². The van der Waals surface area contributed by atoms with Crippen LogP contribution in [0.25, 0.3) is 0 Å². The Morgan fingerprint density at radius 2 is 1.55 bits per heavy atom. The van der Waals surface area contributed by atoms with Gasteiger partial charge in [-0.1, -0.05) is 42.8 Å². The molecule has 0 aliphatic carbocycles. The summed E-state index contributed by atoms with van der Waals surface area (Å²) in [5.41, 5.74) is 2.44. The number of methoxy groups -OCH3 is 1. The van der Waals surface area contributed by atoms with Crippen LogP contribution < -0.4 is 10.1 Å². The van der Waals surface area contributed by atoms with Crippen molar-refractivity contribution in [2.24, 2.45) is 0 Å². The van der Waals surface area contributed by atoms with E-state index in [9.17, 15) is 0 Å². The summed E-state index contributed by atoms with van der Waals surface area (Å²) < 4.78 is 5.21. The summed E-state index contributed by atoms with van der Waals surface area (Å²) in [7, 11) is 1.68. The molecule has 2 aromatic rings. The minimum atomic E-state index is 0.179. The molecule has 20 heavy (non-hydrogen) atoms. The lowest BCUT2D eigenvalue weighted by atomic mass is 9.98. The van der Waals surface area contributed by atoms with Crippen molar-refractivity contribution in [3.63, 3.8) is 0 Å². The highest BCUT2D eigenvalue weighted by atomic mass is 35.5. The maximum Gasteiger partial charge on any atom is 0.118 e. The zero-order valence-electron chi connectivity index (χ0n) is 11.9. The Morgan fingerprint density at radius 3 is 2.05 bits per heavy atom. The molecule has 0 aliphatic rings. The van der Waals surface area contributed by atoms with Gasteiger partial charge in [-0.25, -0.2) is 0 Å². The van der Waals surface area contributed by atoms with Crippen LogP contribution in [0, 0.1) is 0 Å². The van der Waals surface area contributed by atoms with Gasteiger partial charge >= 0.3 is 0 Å². The molecule has 106 valence electrons. The standard InChI is InChI=1S/C17H20ClNO/c1-3-12-19-17(13-4-8-15(18)9-5-13)14-6-10-16(20-2)11-7-14/h4-11,17,19H,3,12H2,1-2H3. The molecule has 0 aromatic heterocycles. The maximum atomic E-state index is 5.97. The summed E-state index contributed by atoms with van der Waals surface area (Å²) in [4.78, 5) is 0. The Kier molecular flexibility index (Phi) is 5.45. The number of hydrogen-bond acceptors (Lipinski definition) is 2. The molecule has 0 aliphatic heterocycles. The molecule has 1 N–H and O–H groups in total. The third kappa shape index (κ3) is 3.75. The summed E-state index contributed by atoms with van der Waals surface area (Å²) in [6, 6.07) is 16.4. The molecule has 0 bridgehead atoms. The van der Waals surface area contributed by atoms with E-state index in [0.29, 0.717) is 0 Å². The van der Waals surface area contributed by atoms with Crippen molar-refractivity contribution in [2.75, 3.05) is 13.7 Å². The molecule has 0 fully saturated rings. The van der Waals surface area contributed by atoms with Crippen LogP contribution in [0.3, 0.4) is 0 Å². The molecule has 2 rings (SSSR count). The number of rotatable bonds is 6. The van der Waals surface area contributed by atoms with E-state index in [1.54, 1.807) is 7.11 Å². The summed E-state index contributed by atoms with van der Waals surface area (Å²) in [6.07, 6.45) is 1.10. The van der Waals surface area contributed by atoms with E-state index in [1.165, 1.54) is 11.1 Å². The molecule has 3 heteroatoms. The summed E-state index contributed by atoms with van der Waals surface area (Å²) in [5, 5.41) is 4.34. The Hall–Kier alpha value is -1.51. The Balaban J connectivity index is 2.27. The average molecular weight is 290 g/mol. The van der Waals surface area contributed by atoms with Crippen LogP contribution in [0.1, 0.15) is 30.5 Å². The number of nitrogens with one attached hydrogen (secondary N) is 1. The predicted octanol–water partition coefficient (Wildman–Crippen LogP) is 4.44. The summed E-state index contributed by atoms with van der Waals surface area (Å²) >= 11 is 5.97. The fourth-order valence-electron chi connectivity index (χ4n) is 2.17. The number of halogens is 1. The van der Waals surface area contributed by atoms with Crippen molar-refractivity contribution in [2.45, 2.75) is 19.4 Å². The van der Waals surface area contributed by atoms with Crippen LogP contribution in [0.15, 0.2) is 48.5 Å². The minimum Gasteiger partial charge on any atom is -0.497 e. The first-order valence-electron chi connectivity index (χ1n) is 6.87. The van der Waals surface area contributed by atoms with E-state index in [0.717, 1.165) is 23.7 Å². The fourth-order valence-corrected chi connectivity index (χ4v) is 2.29. The van der Waals surface area contributed by atoms with Crippen LogP contribution in [0.4, 0.5) is 0 Å². The quantitative estimate of drug-likeness (QED) is 0.849. The Morgan fingerprint density at radius 1 is 1.00 bits per heavy atom. The van der Waals surface area contributed by atoms with Gasteiger partial charge in [0.25, 0.3) is 0 Å². The van der Waals surface area contributed by atoms with Gasteiger partial charge in [0.15, 0.2) is 0 Å². The molecule has 1 atom stereocenters. The van der Waals surface area contributed by atoms with E-state index in [-0.39, 0.29) is 6.04 Å². The van der Waals surface area contributed by atoms with Crippen molar-refractivity contribution in [3.8, 4) is 5.75 Å². The lowest BCUT2D eigenvalue weighted by Gasteiger charge is -2.20. The van der Waals surface area contributed by atoms with E-state index in [1.807, 2.05) is 24.3 Å². The zero-order chi connectivity index (χ0) is 14.4. The van der Waals surface area contributed by atoms with E-state index < -0.39 is 0 Å². The highest BCUT2D eigenvalue weighted by molar-refractivity contribution is 6.30. The first-order valence-corrected chi connectivity index (χ1v) is 7.25. The first kappa shape index (κ1) is 14.9. The minimum absolute atomic E-state index is 0.179. The molecule has 2 nitrogen and oxygen atoms in total. The van der Waals surface area contributed by atoms with Crippen molar-refractivity contribution in [1.29, 1.82) is 0 Å². The van der Waals surface area contributed by atoms with E-state index in [4.69, 9.17) is 16.3 Å². The monoisotopic (exact) mass is 289 g/mol. The van der Waals surface area contributed by atoms with E-state index in [2.05, 4.69) is 36.5 Å². The second-order valence-corrected chi connectivity index (χ2v) is 5.15. The molecule has 0 radical (unpaired) electrons. The van der Waals surface area contributed by atoms with Crippen LogP contribution in [0.2, 0.25) is 5.02 Å². The SMILES string of the molecule is CCCNC(c1ccc(Cl)cc1)c1ccc(OC)cc1. The Bertz CT molecular complexity index is 522. The van der Waals surface area contributed by atoms with Gasteiger partial charge in [-0.05, 0) is 48.4 Å². The van der Waals surface area contributed by atoms with Crippen molar-refractivity contribution in [3.05, 3.63) is 64.7 Å². The topological polar surface area (TPSA) is 21.3 Å². The van der Waals surface area contributed by atoms with Crippen LogP contribution in [-0.2, 0) is 0 Å². The van der Waals surface area contributed by atoms with Gasteiger partial charge in [-0.15, -0.1) is 0 Å². The third-order valence-electron chi connectivity index (χ3n) is 3.25. The number of hydrogen-bond donors (Lipinski definition) is 1. The van der Waals surface area contributed by atoms with Crippen molar-refractivity contribution in [1.82, 2.24) is 5.32 Å². The van der Waals surface area contributed by atoms with Gasteiger partial charge < -0.3 is 10.1 Å². The van der Waals surface area contributed by atoms with Gasteiger partial charge in [-0.2, -0.15) is 0 Å². The fraction of sp³-hybridized carbons (Fsp3) is 0.294. The first-order chi connectivity index (χ1) is 9.74. The Labute approximate surface area is 125 Å². The highest BCUT2D eigenvalue weighted by Crippen LogP contribution is 2.25. The maximum absolute atomic E-state index is 5.97. The number of benzene rings is 2. The molecular weight excluding hydrogens is 270 g/mol. The van der Waals surface area contributed by atoms with Gasteiger partial charge in [0, 0.05) is 5.02 Å². The molecule has 0 saturated heterocycles. The molecule has 0 amide bonds. The number of ether oxygens (including phenoxy) is 1. The van der Waals surface area contributed by atoms with Gasteiger partial charge in [-0.3, -0.25) is 0 Å². The third-order valence-corrected chi connectivity index (χ3v) is 3.50. The normalized spacial score (nSPS) is 12.2. The second-order valence-electron chi connectivity index (χ2n) is 4.71. The molecular formula is C17H20ClNO. The van der Waals surface area contributed by atoms with Crippen molar-refractivity contribution >= 4 is 11.6 Å².